The van der Waals surface area contributed by atoms with Crippen LogP contribution in [0.15, 0.2) is 11.0 Å². The molecule has 0 unspecified atom stereocenters. The van der Waals surface area contributed by atoms with Crippen molar-refractivity contribution < 1.29 is 13.2 Å². The average molecular weight is 154 g/mol. The molecule has 0 radical (unpaired) electrons. The molecule has 0 saturated heterocycles. The summed E-state index contributed by atoms with van der Waals surface area (Å²) in [6, 6.07) is 0. The van der Waals surface area contributed by atoms with Crippen molar-refractivity contribution in [1.29, 1.82) is 0 Å². The molecule has 0 N–H and O–H groups in total. The fraction of sp³-hybridized carbons (Fsp3) is 0.600. The van der Waals surface area contributed by atoms with E-state index in [1.165, 1.54) is 6.08 Å². The van der Waals surface area contributed by atoms with E-state index >= 15 is 0 Å². The molecule has 1 aliphatic heterocycles. The molecule has 1 heterocycles. The van der Waals surface area contributed by atoms with Gasteiger partial charge in [0.25, 0.3) is 0 Å². The van der Waals surface area contributed by atoms with Crippen molar-refractivity contribution in [3.05, 3.63) is 11.0 Å². The second-order valence-electron chi connectivity index (χ2n) is 1.70. The quantitative estimate of drug-likeness (QED) is 0.516. The van der Waals surface area contributed by atoms with E-state index in [0.29, 0.717) is 12.2 Å². The highest BCUT2D eigenvalue weighted by atomic mass is 32.2. The molecule has 0 aromatic heterocycles. The molecule has 0 spiro atoms. The number of hydrogen-bond acceptors (Lipinski definition) is 1. The topological polar surface area (TPSA) is 0 Å². The number of allylic oxidation sites excluding steroid dienone is 2. The van der Waals surface area contributed by atoms with Crippen LogP contribution in [0.5, 0.6) is 0 Å². The molecule has 0 atom stereocenters. The number of hydrogen-bond donors (Lipinski definition) is 0. The zero-order valence-electron chi connectivity index (χ0n) is 4.53. The fourth-order valence-electron chi connectivity index (χ4n) is 0.615. The summed E-state index contributed by atoms with van der Waals surface area (Å²) in [6.45, 7) is 0. The summed E-state index contributed by atoms with van der Waals surface area (Å²) in [6.07, 6.45) is -2.30. The zero-order valence-corrected chi connectivity index (χ0v) is 5.35. The van der Waals surface area contributed by atoms with Crippen LogP contribution in [-0.4, -0.2) is 11.9 Å². The van der Waals surface area contributed by atoms with Gasteiger partial charge in [-0.25, -0.2) is 0 Å². The lowest BCUT2D eigenvalue weighted by Crippen LogP contribution is -2.06. The Balaban J connectivity index is 2.61. The summed E-state index contributed by atoms with van der Waals surface area (Å²) in [5.74, 6) is 0.578. The Morgan fingerprint density at radius 1 is 1.44 bits per heavy atom. The highest BCUT2D eigenvalue weighted by Gasteiger charge is 2.35. The first-order valence-electron chi connectivity index (χ1n) is 2.51. The molecular weight excluding hydrogens is 149 g/mol. The van der Waals surface area contributed by atoms with Crippen LogP contribution in [0.4, 0.5) is 13.2 Å². The van der Waals surface area contributed by atoms with Gasteiger partial charge in [-0.15, -0.1) is 11.8 Å². The Morgan fingerprint density at radius 2 is 2.11 bits per heavy atom. The Hall–Kier alpha value is -0.120. The Bertz CT molecular complexity index is 136. The molecule has 1 rings (SSSR count). The summed E-state index contributed by atoms with van der Waals surface area (Å²) in [5.41, 5.74) is 0. The standard InChI is InChI=1S/C5H5F3S/c6-5(7,8)4-2-1-3-9-4/h2H,1,3H2. The first-order valence-corrected chi connectivity index (χ1v) is 3.49. The maximum absolute atomic E-state index is 11.7. The van der Waals surface area contributed by atoms with Crippen molar-refractivity contribution in [3.8, 4) is 0 Å². The van der Waals surface area contributed by atoms with E-state index < -0.39 is 11.1 Å². The number of alkyl halides is 3. The van der Waals surface area contributed by atoms with Gasteiger partial charge >= 0.3 is 6.18 Å². The van der Waals surface area contributed by atoms with Crippen LogP contribution in [0.1, 0.15) is 6.42 Å². The maximum atomic E-state index is 11.7. The Labute approximate surface area is 55.1 Å². The third kappa shape index (κ3) is 1.64. The van der Waals surface area contributed by atoms with Crippen LogP contribution in [0.2, 0.25) is 0 Å². The molecule has 0 aliphatic carbocycles. The first kappa shape index (κ1) is 6.99. The van der Waals surface area contributed by atoms with E-state index in [4.69, 9.17) is 0 Å². The first-order chi connectivity index (χ1) is 4.11. The fourth-order valence-corrected chi connectivity index (χ4v) is 1.47. The molecule has 0 aromatic rings. The molecule has 0 aromatic carbocycles. The minimum Gasteiger partial charge on any atom is -0.166 e. The predicted octanol–water partition coefficient (Wildman–Crippen LogP) is 2.57. The van der Waals surface area contributed by atoms with Gasteiger partial charge in [0.2, 0.25) is 0 Å². The van der Waals surface area contributed by atoms with Crippen molar-refractivity contribution in [2.45, 2.75) is 12.6 Å². The zero-order chi connectivity index (χ0) is 6.91. The van der Waals surface area contributed by atoms with Gasteiger partial charge in [0.15, 0.2) is 0 Å². The van der Waals surface area contributed by atoms with Gasteiger partial charge in [0, 0.05) is 5.75 Å². The highest BCUT2D eigenvalue weighted by Crippen LogP contribution is 2.38. The number of halogens is 3. The van der Waals surface area contributed by atoms with Crippen molar-refractivity contribution in [3.63, 3.8) is 0 Å². The van der Waals surface area contributed by atoms with E-state index in [0.717, 1.165) is 11.8 Å². The van der Waals surface area contributed by atoms with Gasteiger partial charge in [0.05, 0.1) is 4.91 Å². The van der Waals surface area contributed by atoms with Crippen LogP contribution < -0.4 is 0 Å². The minimum absolute atomic E-state index is 0.428. The second-order valence-corrected chi connectivity index (χ2v) is 2.84. The summed E-state index contributed by atoms with van der Waals surface area (Å²) >= 11 is 0.885. The van der Waals surface area contributed by atoms with Crippen molar-refractivity contribution >= 4 is 11.8 Å². The summed E-state index contributed by atoms with van der Waals surface area (Å²) in [4.78, 5) is -0.428. The number of thioether (sulfide) groups is 1. The van der Waals surface area contributed by atoms with Crippen LogP contribution >= 0.6 is 11.8 Å². The van der Waals surface area contributed by atoms with E-state index in [2.05, 4.69) is 0 Å². The monoisotopic (exact) mass is 154 g/mol. The maximum Gasteiger partial charge on any atom is 0.421 e. The Kier molecular flexibility index (Phi) is 1.75. The normalized spacial score (nSPS) is 20.1. The van der Waals surface area contributed by atoms with Gasteiger partial charge < -0.3 is 0 Å². The van der Waals surface area contributed by atoms with Crippen molar-refractivity contribution in [2.75, 3.05) is 5.75 Å². The van der Waals surface area contributed by atoms with E-state index in [1.807, 2.05) is 0 Å². The molecule has 52 valence electrons. The average Bonchev–Trinajstić information content (AvgIpc) is 2.08. The molecule has 4 heteroatoms. The SMILES string of the molecule is FC(F)(F)C1=CCCS1. The lowest BCUT2D eigenvalue weighted by molar-refractivity contribution is -0.0835. The summed E-state index contributed by atoms with van der Waals surface area (Å²) < 4.78 is 35.0. The summed E-state index contributed by atoms with van der Waals surface area (Å²) in [7, 11) is 0. The molecule has 0 bridgehead atoms. The molecule has 0 saturated carbocycles. The second kappa shape index (κ2) is 2.25. The largest absolute Gasteiger partial charge is 0.421 e. The molecule has 0 amide bonds. The van der Waals surface area contributed by atoms with Crippen molar-refractivity contribution in [2.24, 2.45) is 0 Å². The minimum atomic E-state index is -4.10. The number of rotatable bonds is 0. The third-order valence-corrected chi connectivity index (χ3v) is 2.13. The molecular formula is C5H5F3S. The smallest absolute Gasteiger partial charge is 0.166 e. The lowest BCUT2D eigenvalue weighted by atomic mass is 10.4. The molecule has 9 heavy (non-hydrogen) atoms. The van der Waals surface area contributed by atoms with E-state index in [-0.39, 0.29) is 0 Å². The highest BCUT2D eigenvalue weighted by molar-refractivity contribution is 8.03. The molecule has 1 aliphatic rings. The van der Waals surface area contributed by atoms with Gasteiger partial charge in [-0.3, -0.25) is 0 Å². The Morgan fingerprint density at radius 3 is 2.33 bits per heavy atom. The predicted molar refractivity (Wildman–Crippen MR) is 31.2 cm³/mol. The van der Waals surface area contributed by atoms with Gasteiger partial charge in [-0.2, -0.15) is 13.2 Å². The van der Waals surface area contributed by atoms with E-state index in [9.17, 15) is 13.2 Å². The van der Waals surface area contributed by atoms with Crippen LogP contribution in [-0.2, 0) is 0 Å². The molecule has 0 fully saturated rings. The van der Waals surface area contributed by atoms with E-state index in [1.54, 1.807) is 0 Å². The van der Waals surface area contributed by atoms with Gasteiger partial charge in [-0.05, 0) is 6.42 Å². The van der Waals surface area contributed by atoms with Crippen LogP contribution in [0.3, 0.4) is 0 Å². The lowest BCUT2D eigenvalue weighted by Gasteiger charge is -2.04. The van der Waals surface area contributed by atoms with Crippen LogP contribution in [0, 0.1) is 0 Å². The van der Waals surface area contributed by atoms with Crippen molar-refractivity contribution in [1.82, 2.24) is 0 Å². The molecule has 0 nitrogen and oxygen atoms in total. The summed E-state index contributed by atoms with van der Waals surface area (Å²) in [5, 5.41) is 0. The van der Waals surface area contributed by atoms with Gasteiger partial charge in [-0.1, -0.05) is 6.08 Å². The third-order valence-electron chi connectivity index (χ3n) is 0.985. The van der Waals surface area contributed by atoms with Gasteiger partial charge in [0.1, 0.15) is 0 Å². The van der Waals surface area contributed by atoms with Crippen LogP contribution in [0.25, 0.3) is 0 Å².